The van der Waals surface area contributed by atoms with Crippen LogP contribution in [0, 0.1) is 0 Å². The van der Waals surface area contributed by atoms with E-state index in [1.54, 1.807) is 0 Å². The zero-order valence-electron chi connectivity index (χ0n) is 11.3. The number of benzene rings is 1. The van der Waals surface area contributed by atoms with Gasteiger partial charge in [0.25, 0.3) is 0 Å². The number of rotatable bonds is 6. The summed E-state index contributed by atoms with van der Waals surface area (Å²) in [6, 6.07) is 4.00. The zero-order chi connectivity index (χ0) is 15.1. The Morgan fingerprint density at radius 1 is 1.40 bits per heavy atom. The van der Waals surface area contributed by atoms with Crippen molar-refractivity contribution < 1.29 is 19.4 Å². The van der Waals surface area contributed by atoms with Gasteiger partial charge in [-0.3, -0.25) is 0 Å². The summed E-state index contributed by atoms with van der Waals surface area (Å²) >= 11 is 3.21. The van der Waals surface area contributed by atoms with Crippen molar-refractivity contribution in [1.82, 2.24) is 5.32 Å². The number of hydrogen-bond acceptors (Lipinski definition) is 3. The lowest BCUT2D eigenvalue weighted by Crippen LogP contribution is -2.32. The number of carboxylic acid groups (broad SMARTS) is 1. The molecule has 1 rings (SSSR count). The zero-order valence-corrected chi connectivity index (χ0v) is 12.9. The van der Waals surface area contributed by atoms with E-state index >= 15 is 0 Å². The summed E-state index contributed by atoms with van der Waals surface area (Å²) in [5.41, 5.74) is 0.644. The normalized spacial score (nSPS) is 10.4. The SMILES string of the molecule is CC(C)OCCNC(=O)Nc1ccc(C(=O)O)cc1Br. The van der Waals surface area contributed by atoms with Gasteiger partial charge in [-0.25, -0.2) is 9.59 Å². The van der Waals surface area contributed by atoms with Crippen molar-refractivity contribution in [3.63, 3.8) is 0 Å². The molecular formula is C13H17BrN2O4. The minimum atomic E-state index is -1.02. The molecule has 1 aromatic rings. The Balaban J connectivity index is 2.48. The van der Waals surface area contributed by atoms with E-state index in [0.717, 1.165) is 0 Å². The van der Waals surface area contributed by atoms with Crippen molar-refractivity contribution in [2.24, 2.45) is 0 Å². The van der Waals surface area contributed by atoms with Gasteiger partial charge in [0.05, 0.1) is 24.0 Å². The molecule has 0 unspecified atom stereocenters. The quantitative estimate of drug-likeness (QED) is 0.692. The van der Waals surface area contributed by atoms with Crippen LogP contribution in [0.15, 0.2) is 22.7 Å². The van der Waals surface area contributed by atoms with E-state index in [1.165, 1.54) is 18.2 Å². The number of urea groups is 1. The van der Waals surface area contributed by atoms with E-state index in [9.17, 15) is 9.59 Å². The maximum atomic E-state index is 11.6. The summed E-state index contributed by atoms with van der Waals surface area (Å²) < 4.78 is 5.80. The standard InChI is InChI=1S/C13H17BrN2O4/c1-8(2)20-6-5-15-13(19)16-11-4-3-9(12(17)18)7-10(11)14/h3-4,7-8H,5-6H2,1-2H3,(H,17,18)(H2,15,16,19). The van der Waals surface area contributed by atoms with Crippen LogP contribution in [-0.4, -0.2) is 36.4 Å². The van der Waals surface area contributed by atoms with Crippen LogP contribution in [0.2, 0.25) is 0 Å². The number of aromatic carboxylic acids is 1. The van der Waals surface area contributed by atoms with E-state index < -0.39 is 5.97 Å². The summed E-state index contributed by atoms with van der Waals surface area (Å²) in [4.78, 5) is 22.4. The van der Waals surface area contributed by atoms with Gasteiger partial charge in [-0.2, -0.15) is 0 Å². The fourth-order valence-electron chi connectivity index (χ4n) is 1.38. The molecule has 0 aliphatic rings. The molecule has 0 saturated carbocycles. The van der Waals surface area contributed by atoms with Crippen LogP contribution < -0.4 is 10.6 Å². The van der Waals surface area contributed by atoms with E-state index in [0.29, 0.717) is 23.3 Å². The number of carboxylic acids is 1. The summed E-state index contributed by atoms with van der Waals surface area (Å²) in [6.07, 6.45) is 0.123. The minimum Gasteiger partial charge on any atom is -0.478 e. The highest BCUT2D eigenvalue weighted by Gasteiger charge is 2.09. The topological polar surface area (TPSA) is 87.7 Å². The van der Waals surface area contributed by atoms with Gasteiger partial charge in [-0.15, -0.1) is 0 Å². The molecule has 0 radical (unpaired) electrons. The second-order valence-electron chi connectivity index (χ2n) is 4.30. The average molecular weight is 345 g/mol. The van der Waals surface area contributed by atoms with Crippen LogP contribution in [0.4, 0.5) is 10.5 Å². The number of ether oxygens (including phenoxy) is 1. The number of anilines is 1. The molecule has 0 bridgehead atoms. The molecule has 6 nitrogen and oxygen atoms in total. The van der Waals surface area contributed by atoms with Crippen LogP contribution in [0.3, 0.4) is 0 Å². The Bertz CT molecular complexity index is 491. The first kappa shape index (κ1) is 16.5. The first-order valence-electron chi connectivity index (χ1n) is 6.09. The van der Waals surface area contributed by atoms with Crippen molar-refractivity contribution in [2.75, 3.05) is 18.5 Å². The number of amides is 2. The van der Waals surface area contributed by atoms with Gasteiger partial charge in [-0.1, -0.05) is 0 Å². The summed E-state index contributed by atoms with van der Waals surface area (Å²) in [6.45, 7) is 4.67. The fourth-order valence-corrected chi connectivity index (χ4v) is 1.85. The maximum Gasteiger partial charge on any atom is 0.335 e. The van der Waals surface area contributed by atoms with Gasteiger partial charge in [0.1, 0.15) is 0 Å². The van der Waals surface area contributed by atoms with Gasteiger partial charge >= 0.3 is 12.0 Å². The molecule has 0 aliphatic carbocycles. The van der Waals surface area contributed by atoms with Crippen molar-refractivity contribution >= 4 is 33.6 Å². The lowest BCUT2D eigenvalue weighted by molar-refractivity contribution is 0.0696. The molecule has 0 atom stereocenters. The third kappa shape index (κ3) is 5.58. The van der Waals surface area contributed by atoms with E-state index in [2.05, 4.69) is 26.6 Å². The first-order chi connectivity index (χ1) is 9.40. The monoisotopic (exact) mass is 344 g/mol. The Morgan fingerprint density at radius 3 is 2.65 bits per heavy atom. The Hall–Kier alpha value is -1.60. The Kier molecular flexibility index (Phi) is 6.47. The first-order valence-corrected chi connectivity index (χ1v) is 6.88. The van der Waals surface area contributed by atoms with Gasteiger partial charge < -0.3 is 20.5 Å². The number of carbonyl (C=O) groups excluding carboxylic acids is 1. The third-order valence-corrected chi connectivity index (χ3v) is 2.96. The summed E-state index contributed by atoms with van der Waals surface area (Å²) in [5, 5.41) is 14.1. The maximum absolute atomic E-state index is 11.6. The second kappa shape index (κ2) is 7.86. The molecule has 2 amide bonds. The van der Waals surface area contributed by atoms with Crippen LogP contribution in [0.5, 0.6) is 0 Å². The second-order valence-corrected chi connectivity index (χ2v) is 5.15. The fraction of sp³-hybridized carbons (Fsp3) is 0.385. The van der Waals surface area contributed by atoms with E-state index in [4.69, 9.17) is 9.84 Å². The molecule has 20 heavy (non-hydrogen) atoms. The molecular weight excluding hydrogens is 328 g/mol. The van der Waals surface area contributed by atoms with Crippen LogP contribution in [0.1, 0.15) is 24.2 Å². The van der Waals surface area contributed by atoms with Crippen molar-refractivity contribution in [2.45, 2.75) is 20.0 Å². The van der Waals surface area contributed by atoms with Crippen LogP contribution in [0.25, 0.3) is 0 Å². The Morgan fingerprint density at radius 2 is 2.10 bits per heavy atom. The molecule has 0 heterocycles. The van der Waals surface area contributed by atoms with Crippen molar-refractivity contribution in [3.05, 3.63) is 28.2 Å². The molecule has 3 N–H and O–H groups in total. The lowest BCUT2D eigenvalue weighted by atomic mass is 10.2. The molecule has 0 aliphatic heterocycles. The number of carbonyl (C=O) groups is 2. The van der Waals surface area contributed by atoms with Gasteiger partial charge in [0, 0.05) is 11.0 Å². The van der Waals surface area contributed by atoms with E-state index in [-0.39, 0.29) is 17.7 Å². The smallest absolute Gasteiger partial charge is 0.335 e. The Labute approximate surface area is 125 Å². The average Bonchev–Trinajstić information content (AvgIpc) is 2.36. The lowest BCUT2D eigenvalue weighted by Gasteiger charge is -2.11. The molecule has 7 heteroatoms. The summed E-state index contributed by atoms with van der Waals surface area (Å²) in [7, 11) is 0. The van der Waals surface area contributed by atoms with E-state index in [1.807, 2.05) is 13.8 Å². The molecule has 0 fully saturated rings. The predicted molar refractivity (Wildman–Crippen MR) is 79.2 cm³/mol. The largest absolute Gasteiger partial charge is 0.478 e. The highest BCUT2D eigenvalue weighted by atomic mass is 79.9. The predicted octanol–water partition coefficient (Wildman–Crippen LogP) is 2.69. The highest BCUT2D eigenvalue weighted by molar-refractivity contribution is 9.10. The molecule has 1 aromatic carbocycles. The van der Waals surface area contributed by atoms with Crippen molar-refractivity contribution in [3.8, 4) is 0 Å². The van der Waals surface area contributed by atoms with Gasteiger partial charge in [0.2, 0.25) is 0 Å². The molecule has 0 spiro atoms. The van der Waals surface area contributed by atoms with Crippen LogP contribution >= 0.6 is 15.9 Å². The minimum absolute atomic E-state index is 0.123. The third-order valence-electron chi connectivity index (χ3n) is 2.30. The number of hydrogen-bond donors (Lipinski definition) is 3. The number of nitrogens with one attached hydrogen (secondary N) is 2. The van der Waals surface area contributed by atoms with Gasteiger partial charge in [-0.05, 0) is 48.0 Å². The highest BCUT2D eigenvalue weighted by Crippen LogP contribution is 2.23. The molecule has 110 valence electrons. The van der Waals surface area contributed by atoms with Gasteiger partial charge in [0.15, 0.2) is 0 Å². The van der Waals surface area contributed by atoms with Crippen molar-refractivity contribution in [1.29, 1.82) is 0 Å². The van der Waals surface area contributed by atoms with Crippen LogP contribution in [-0.2, 0) is 4.74 Å². The summed E-state index contributed by atoms with van der Waals surface area (Å²) in [5.74, 6) is -1.02. The number of halogens is 1. The molecule has 0 aromatic heterocycles. The molecule has 0 saturated heterocycles.